The molecule has 0 bridgehead atoms. The molecule has 3 rings (SSSR count). The van der Waals surface area contributed by atoms with Gasteiger partial charge in [-0.25, -0.2) is 13.6 Å². The van der Waals surface area contributed by atoms with Crippen LogP contribution in [0.1, 0.15) is 24.8 Å². The molecule has 2 N–H and O–H groups in total. The van der Waals surface area contributed by atoms with Crippen LogP contribution in [0.25, 0.3) is 0 Å². The minimum Gasteiger partial charge on any atom is -0.337 e. The molecule has 0 aromatic heterocycles. The largest absolute Gasteiger partial charge is 0.337 e. The number of hydrogen-bond donors (Lipinski definition) is 2. The molecule has 2 aromatic rings. The van der Waals surface area contributed by atoms with Crippen LogP contribution in [0, 0.1) is 11.6 Å². The lowest BCUT2D eigenvalue weighted by atomic mass is 9.64. The average Bonchev–Trinajstić information content (AvgIpc) is 2.51. The SMILES string of the molecule is O=C(NCC1(c2ccccc2)CCC1)Nc1c(F)cccc1F. The fourth-order valence-electron chi connectivity index (χ4n) is 2.99. The summed E-state index contributed by atoms with van der Waals surface area (Å²) in [6, 6.07) is 12.9. The molecule has 3 nitrogen and oxygen atoms in total. The maximum absolute atomic E-state index is 13.5. The fourth-order valence-corrected chi connectivity index (χ4v) is 2.99. The number of nitrogens with one attached hydrogen (secondary N) is 2. The topological polar surface area (TPSA) is 41.1 Å². The Morgan fingerprint density at radius 2 is 1.65 bits per heavy atom. The highest BCUT2D eigenvalue weighted by atomic mass is 19.1. The van der Waals surface area contributed by atoms with Crippen LogP contribution >= 0.6 is 0 Å². The summed E-state index contributed by atoms with van der Waals surface area (Å²) in [7, 11) is 0. The Kier molecular flexibility index (Phi) is 4.28. The van der Waals surface area contributed by atoms with Crippen LogP contribution in [-0.4, -0.2) is 12.6 Å². The van der Waals surface area contributed by atoms with Gasteiger partial charge in [0.15, 0.2) is 0 Å². The standard InChI is InChI=1S/C18H18F2N2O/c19-14-8-4-9-15(20)16(14)22-17(23)21-12-18(10-5-11-18)13-6-2-1-3-7-13/h1-4,6-9H,5,10-12H2,(H2,21,22,23). The van der Waals surface area contributed by atoms with Gasteiger partial charge in [-0.15, -0.1) is 0 Å². The maximum Gasteiger partial charge on any atom is 0.319 e. The molecule has 120 valence electrons. The third-order valence-electron chi connectivity index (χ3n) is 4.49. The van der Waals surface area contributed by atoms with Gasteiger partial charge in [0.2, 0.25) is 0 Å². The predicted molar refractivity (Wildman–Crippen MR) is 85.4 cm³/mol. The van der Waals surface area contributed by atoms with E-state index in [1.807, 2.05) is 18.2 Å². The van der Waals surface area contributed by atoms with Crippen molar-refractivity contribution < 1.29 is 13.6 Å². The van der Waals surface area contributed by atoms with E-state index in [2.05, 4.69) is 22.8 Å². The van der Waals surface area contributed by atoms with Crippen LogP contribution < -0.4 is 10.6 Å². The Morgan fingerprint density at radius 3 is 2.22 bits per heavy atom. The van der Waals surface area contributed by atoms with Crippen LogP contribution in [0.3, 0.4) is 0 Å². The van der Waals surface area contributed by atoms with Crippen molar-refractivity contribution in [2.45, 2.75) is 24.7 Å². The highest BCUT2D eigenvalue weighted by Gasteiger charge is 2.38. The van der Waals surface area contributed by atoms with Crippen molar-refractivity contribution in [3.05, 3.63) is 65.7 Å². The summed E-state index contributed by atoms with van der Waals surface area (Å²) in [6.45, 7) is 0.443. The monoisotopic (exact) mass is 316 g/mol. The highest BCUT2D eigenvalue weighted by molar-refractivity contribution is 5.89. The molecule has 1 aliphatic rings. The zero-order valence-corrected chi connectivity index (χ0v) is 12.6. The van der Waals surface area contributed by atoms with Crippen molar-refractivity contribution in [3.63, 3.8) is 0 Å². The van der Waals surface area contributed by atoms with E-state index in [1.54, 1.807) is 0 Å². The first-order valence-electron chi connectivity index (χ1n) is 7.65. The van der Waals surface area contributed by atoms with E-state index < -0.39 is 23.4 Å². The fraction of sp³-hybridized carbons (Fsp3) is 0.278. The van der Waals surface area contributed by atoms with Crippen molar-refractivity contribution in [2.24, 2.45) is 0 Å². The van der Waals surface area contributed by atoms with Gasteiger partial charge in [0.1, 0.15) is 17.3 Å². The highest BCUT2D eigenvalue weighted by Crippen LogP contribution is 2.43. The number of benzene rings is 2. The van der Waals surface area contributed by atoms with Crippen molar-refractivity contribution >= 4 is 11.7 Å². The smallest absolute Gasteiger partial charge is 0.319 e. The van der Waals surface area contributed by atoms with Gasteiger partial charge in [0.05, 0.1) is 0 Å². The Morgan fingerprint density at radius 1 is 1.00 bits per heavy atom. The lowest BCUT2D eigenvalue weighted by Crippen LogP contribution is -2.46. The molecule has 0 radical (unpaired) electrons. The number of anilines is 1. The molecule has 0 heterocycles. The molecule has 23 heavy (non-hydrogen) atoms. The van der Waals surface area contributed by atoms with E-state index in [9.17, 15) is 13.6 Å². The molecule has 0 spiro atoms. The van der Waals surface area contributed by atoms with E-state index in [0.717, 1.165) is 31.4 Å². The summed E-state index contributed by atoms with van der Waals surface area (Å²) in [5.41, 5.74) is 0.683. The van der Waals surface area contributed by atoms with Crippen LogP contribution in [0.15, 0.2) is 48.5 Å². The number of carbonyl (C=O) groups excluding carboxylic acids is 1. The molecule has 1 aliphatic carbocycles. The number of carbonyl (C=O) groups is 1. The average molecular weight is 316 g/mol. The maximum atomic E-state index is 13.5. The van der Waals surface area contributed by atoms with Gasteiger partial charge in [-0.2, -0.15) is 0 Å². The molecule has 0 aliphatic heterocycles. The quantitative estimate of drug-likeness (QED) is 0.871. The van der Waals surface area contributed by atoms with Crippen LogP contribution in [0.2, 0.25) is 0 Å². The van der Waals surface area contributed by atoms with Crippen LogP contribution in [0.5, 0.6) is 0 Å². The second-order valence-corrected chi connectivity index (χ2v) is 5.90. The molecule has 2 amide bonds. The summed E-state index contributed by atoms with van der Waals surface area (Å²) in [6.07, 6.45) is 3.09. The Balaban J connectivity index is 1.65. The Bertz CT molecular complexity index is 679. The van der Waals surface area contributed by atoms with Crippen molar-refractivity contribution in [3.8, 4) is 0 Å². The zero-order chi connectivity index (χ0) is 16.3. The normalized spacial score (nSPS) is 15.6. The van der Waals surface area contributed by atoms with Gasteiger partial charge in [-0.1, -0.05) is 42.8 Å². The predicted octanol–water partition coefficient (Wildman–Crippen LogP) is 4.21. The first-order valence-corrected chi connectivity index (χ1v) is 7.65. The summed E-state index contributed by atoms with van der Waals surface area (Å²) < 4.78 is 27.1. The minimum absolute atomic E-state index is 0.0770. The van der Waals surface area contributed by atoms with Gasteiger partial charge >= 0.3 is 6.03 Å². The number of para-hydroxylation sites is 1. The van der Waals surface area contributed by atoms with E-state index >= 15 is 0 Å². The van der Waals surface area contributed by atoms with E-state index in [0.29, 0.717) is 6.54 Å². The van der Waals surface area contributed by atoms with Crippen LogP contribution in [0.4, 0.5) is 19.3 Å². The summed E-state index contributed by atoms with van der Waals surface area (Å²) >= 11 is 0. The van der Waals surface area contributed by atoms with Crippen LogP contribution in [-0.2, 0) is 5.41 Å². The number of halogens is 2. The van der Waals surface area contributed by atoms with Crippen molar-refractivity contribution in [1.29, 1.82) is 0 Å². The third kappa shape index (κ3) is 3.18. The van der Waals surface area contributed by atoms with Gasteiger partial charge in [0, 0.05) is 12.0 Å². The third-order valence-corrected chi connectivity index (χ3v) is 4.49. The number of hydrogen-bond acceptors (Lipinski definition) is 1. The zero-order valence-electron chi connectivity index (χ0n) is 12.6. The van der Waals surface area contributed by atoms with Gasteiger partial charge < -0.3 is 10.6 Å². The molecule has 0 saturated heterocycles. The summed E-state index contributed by atoms with van der Waals surface area (Å²) in [4.78, 5) is 12.0. The van der Waals surface area contributed by atoms with E-state index in [1.165, 1.54) is 11.6 Å². The first kappa shape index (κ1) is 15.5. The summed E-state index contributed by atoms with van der Waals surface area (Å²) in [5, 5.41) is 4.99. The number of rotatable bonds is 4. The second kappa shape index (κ2) is 6.36. The molecule has 0 unspecified atom stereocenters. The molecule has 0 atom stereocenters. The first-order chi connectivity index (χ1) is 11.1. The van der Waals surface area contributed by atoms with Crippen molar-refractivity contribution in [2.75, 3.05) is 11.9 Å². The van der Waals surface area contributed by atoms with E-state index in [4.69, 9.17) is 0 Å². The lowest BCUT2D eigenvalue weighted by Gasteiger charge is -2.42. The Hall–Kier alpha value is -2.43. The second-order valence-electron chi connectivity index (χ2n) is 5.90. The molecule has 5 heteroatoms. The van der Waals surface area contributed by atoms with Crippen molar-refractivity contribution in [1.82, 2.24) is 5.32 Å². The molecular weight excluding hydrogens is 298 g/mol. The van der Waals surface area contributed by atoms with E-state index in [-0.39, 0.29) is 5.41 Å². The minimum atomic E-state index is -0.790. The summed E-state index contributed by atoms with van der Waals surface area (Å²) in [5.74, 6) is -1.58. The number of amides is 2. The van der Waals surface area contributed by atoms with Gasteiger partial charge in [0.25, 0.3) is 0 Å². The van der Waals surface area contributed by atoms with Gasteiger partial charge in [-0.05, 0) is 30.5 Å². The lowest BCUT2D eigenvalue weighted by molar-refractivity contribution is 0.222. The molecule has 2 aromatic carbocycles. The molecule has 1 saturated carbocycles. The van der Waals surface area contributed by atoms with Gasteiger partial charge in [-0.3, -0.25) is 0 Å². The molecular formula is C18H18F2N2O. The molecule has 1 fully saturated rings. The Labute approximate surface area is 133 Å². The number of urea groups is 1.